The highest BCUT2D eigenvalue weighted by Gasteiger charge is 2.27. The van der Waals surface area contributed by atoms with Gasteiger partial charge < -0.3 is 15.1 Å². The summed E-state index contributed by atoms with van der Waals surface area (Å²) in [6, 6.07) is 2.06. The highest BCUT2D eigenvalue weighted by atomic mass is 15.2. The van der Waals surface area contributed by atoms with Crippen LogP contribution in [0.1, 0.15) is 37.9 Å². The average molecular weight is 277 g/mol. The van der Waals surface area contributed by atoms with Gasteiger partial charge in [-0.15, -0.1) is 0 Å². The molecule has 5 nitrogen and oxygen atoms in total. The second-order valence-corrected chi connectivity index (χ2v) is 5.73. The van der Waals surface area contributed by atoms with E-state index in [1.54, 1.807) is 0 Å². The van der Waals surface area contributed by atoms with Crippen molar-refractivity contribution in [3.63, 3.8) is 0 Å². The number of hydrogen-bond donors (Lipinski definition) is 1. The molecule has 0 amide bonds. The first kappa shape index (κ1) is 15.0. The van der Waals surface area contributed by atoms with E-state index >= 15 is 0 Å². The normalized spacial score (nSPS) is 14.7. The molecule has 1 fully saturated rings. The van der Waals surface area contributed by atoms with Gasteiger partial charge >= 0.3 is 0 Å². The van der Waals surface area contributed by atoms with Crippen LogP contribution in [0.15, 0.2) is 6.07 Å². The van der Waals surface area contributed by atoms with Gasteiger partial charge in [0.2, 0.25) is 0 Å². The molecule has 1 heterocycles. The second kappa shape index (κ2) is 6.88. The third kappa shape index (κ3) is 4.07. The Morgan fingerprint density at radius 3 is 2.55 bits per heavy atom. The Bertz CT molecular complexity index is 428. The molecule has 1 aliphatic rings. The molecule has 0 bridgehead atoms. The molecule has 0 unspecified atom stereocenters. The SMILES string of the molecule is CCN(CCCN(C)C)c1cc(NC)nc(C2CC2)n1. The predicted octanol–water partition coefficient (Wildman–Crippen LogP) is 2.17. The molecule has 5 heteroatoms. The van der Waals surface area contributed by atoms with E-state index < -0.39 is 0 Å². The van der Waals surface area contributed by atoms with Crippen molar-refractivity contribution >= 4 is 11.6 Å². The maximum Gasteiger partial charge on any atom is 0.136 e. The number of rotatable bonds is 8. The fraction of sp³-hybridized carbons (Fsp3) is 0.733. The number of aromatic nitrogens is 2. The molecule has 0 atom stereocenters. The van der Waals surface area contributed by atoms with Crippen LogP contribution in [0.5, 0.6) is 0 Å². The summed E-state index contributed by atoms with van der Waals surface area (Å²) < 4.78 is 0. The van der Waals surface area contributed by atoms with Crippen LogP contribution < -0.4 is 10.2 Å². The summed E-state index contributed by atoms with van der Waals surface area (Å²) in [5, 5.41) is 3.16. The summed E-state index contributed by atoms with van der Waals surface area (Å²) in [6.07, 6.45) is 3.62. The van der Waals surface area contributed by atoms with Gasteiger partial charge in [-0.2, -0.15) is 0 Å². The van der Waals surface area contributed by atoms with Crippen molar-refractivity contribution in [2.75, 3.05) is 51.0 Å². The molecular formula is C15H27N5. The van der Waals surface area contributed by atoms with Crippen molar-refractivity contribution in [1.82, 2.24) is 14.9 Å². The molecule has 20 heavy (non-hydrogen) atoms. The molecule has 1 N–H and O–H groups in total. The maximum absolute atomic E-state index is 4.77. The van der Waals surface area contributed by atoms with Gasteiger partial charge in [-0.05, 0) is 46.8 Å². The Morgan fingerprint density at radius 2 is 2.00 bits per heavy atom. The Kier molecular flexibility index (Phi) is 5.17. The van der Waals surface area contributed by atoms with Crippen molar-refractivity contribution in [2.45, 2.75) is 32.1 Å². The van der Waals surface area contributed by atoms with E-state index in [-0.39, 0.29) is 0 Å². The summed E-state index contributed by atoms with van der Waals surface area (Å²) in [7, 11) is 6.15. The fourth-order valence-electron chi connectivity index (χ4n) is 2.28. The molecule has 2 rings (SSSR count). The monoisotopic (exact) mass is 277 g/mol. The quantitative estimate of drug-likeness (QED) is 0.789. The van der Waals surface area contributed by atoms with Crippen LogP contribution in [0, 0.1) is 0 Å². The topological polar surface area (TPSA) is 44.3 Å². The smallest absolute Gasteiger partial charge is 0.136 e. The van der Waals surface area contributed by atoms with E-state index in [0.29, 0.717) is 5.92 Å². The first-order valence-electron chi connectivity index (χ1n) is 7.60. The minimum atomic E-state index is 0.586. The van der Waals surface area contributed by atoms with Gasteiger partial charge in [0.15, 0.2) is 0 Å². The zero-order valence-electron chi connectivity index (χ0n) is 13.2. The van der Waals surface area contributed by atoms with Crippen molar-refractivity contribution in [1.29, 1.82) is 0 Å². The van der Waals surface area contributed by atoms with Gasteiger partial charge in [-0.1, -0.05) is 0 Å². The van der Waals surface area contributed by atoms with Crippen molar-refractivity contribution in [2.24, 2.45) is 0 Å². The molecule has 0 aromatic carbocycles. The van der Waals surface area contributed by atoms with E-state index in [1.165, 1.54) is 12.8 Å². The third-order valence-corrected chi connectivity index (χ3v) is 3.67. The Morgan fingerprint density at radius 1 is 1.25 bits per heavy atom. The first-order chi connectivity index (χ1) is 9.63. The summed E-state index contributed by atoms with van der Waals surface area (Å²) in [4.78, 5) is 13.9. The number of hydrogen-bond acceptors (Lipinski definition) is 5. The Labute approximate surface area is 122 Å². The molecule has 0 aliphatic heterocycles. The molecule has 112 valence electrons. The maximum atomic E-state index is 4.77. The molecule has 0 spiro atoms. The first-order valence-corrected chi connectivity index (χ1v) is 7.60. The van der Waals surface area contributed by atoms with Gasteiger partial charge in [0, 0.05) is 32.1 Å². The van der Waals surface area contributed by atoms with Gasteiger partial charge in [0.25, 0.3) is 0 Å². The summed E-state index contributed by atoms with van der Waals surface area (Å²) in [6.45, 7) is 5.32. The summed E-state index contributed by atoms with van der Waals surface area (Å²) in [5.74, 6) is 3.59. The average Bonchev–Trinajstić information content (AvgIpc) is 3.27. The van der Waals surface area contributed by atoms with E-state index in [9.17, 15) is 0 Å². The largest absolute Gasteiger partial charge is 0.373 e. The van der Waals surface area contributed by atoms with Gasteiger partial charge in [-0.3, -0.25) is 0 Å². The Balaban J connectivity index is 2.09. The number of anilines is 2. The van der Waals surface area contributed by atoms with E-state index in [4.69, 9.17) is 4.98 Å². The minimum Gasteiger partial charge on any atom is -0.373 e. The van der Waals surface area contributed by atoms with Crippen LogP contribution >= 0.6 is 0 Å². The molecule has 0 saturated heterocycles. The molecule has 0 radical (unpaired) electrons. The van der Waals surface area contributed by atoms with Crippen LogP contribution in [0.4, 0.5) is 11.6 Å². The molecule has 1 aromatic heterocycles. The third-order valence-electron chi connectivity index (χ3n) is 3.67. The molecule has 1 aliphatic carbocycles. The second-order valence-electron chi connectivity index (χ2n) is 5.73. The summed E-state index contributed by atoms with van der Waals surface area (Å²) in [5.41, 5.74) is 0. The lowest BCUT2D eigenvalue weighted by Crippen LogP contribution is -2.28. The van der Waals surface area contributed by atoms with Gasteiger partial charge in [0.05, 0.1) is 0 Å². The fourth-order valence-corrected chi connectivity index (χ4v) is 2.28. The number of nitrogens with one attached hydrogen (secondary N) is 1. The lowest BCUT2D eigenvalue weighted by molar-refractivity contribution is 0.400. The zero-order valence-corrected chi connectivity index (χ0v) is 13.2. The molecular weight excluding hydrogens is 250 g/mol. The lowest BCUT2D eigenvalue weighted by Gasteiger charge is -2.23. The van der Waals surface area contributed by atoms with E-state index in [1.807, 2.05) is 7.05 Å². The standard InChI is InChI=1S/C15H27N5/c1-5-20(10-6-9-19(3)4)14-11-13(16-2)17-15(18-14)12-7-8-12/h11-12H,5-10H2,1-4H3,(H,16,17,18). The predicted molar refractivity (Wildman–Crippen MR) is 84.6 cm³/mol. The zero-order chi connectivity index (χ0) is 14.5. The molecule has 1 aromatic rings. The Hall–Kier alpha value is -1.36. The van der Waals surface area contributed by atoms with E-state index in [0.717, 1.165) is 43.5 Å². The van der Waals surface area contributed by atoms with Gasteiger partial charge in [-0.25, -0.2) is 9.97 Å². The highest BCUT2D eigenvalue weighted by Crippen LogP contribution is 2.39. The van der Waals surface area contributed by atoms with Crippen molar-refractivity contribution in [3.8, 4) is 0 Å². The van der Waals surface area contributed by atoms with E-state index in [2.05, 4.69) is 47.2 Å². The summed E-state index contributed by atoms with van der Waals surface area (Å²) >= 11 is 0. The lowest BCUT2D eigenvalue weighted by atomic mass is 10.3. The molecule has 1 saturated carbocycles. The van der Waals surface area contributed by atoms with Crippen LogP contribution in [0.2, 0.25) is 0 Å². The van der Waals surface area contributed by atoms with Crippen molar-refractivity contribution in [3.05, 3.63) is 11.9 Å². The van der Waals surface area contributed by atoms with Crippen molar-refractivity contribution < 1.29 is 0 Å². The van der Waals surface area contributed by atoms with Crippen LogP contribution in [0.25, 0.3) is 0 Å². The number of nitrogens with zero attached hydrogens (tertiary/aromatic N) is 4. The minimum absolute atomic E-state index is 0.586. The highest BCUT2D eigenvalue weighted by molar-refractivity contribution is 5.49. The van der Waals surface area contributed by atoms with Crippen LogP contribution in [-0.2, 0) is 0 Å². The van der Waals surface area contributed by atoms with Crippen LogP contribution in [0.3, 0.4) is 0 Å². The van der Waals surface area contributed by atoms with Gasteiger partial charge in [0.1, 0.15) is 17.5 Å². The van der Waals surface area contributed by atoms with Crippen LogP contribution in [-0.4, -0.2) is 55.6 Å².